The third kappa shape index (κ3) is 3.73. The smallest absolute Gasteiger partial charge is 0.255 e. The van der Waals surface area contributed by atoms with Gasteiger partial charge in [-0.05, 0) is 58.3 Å². The lowest BCUT2D eigenvalue weighted by atomic mass is 9.94. The zero-order valence-electron chi connectivity index (χ0n) is 14.1. The first-order valence-electron chi connectivity index (χ1n) is 8.59. The molecule has 1 saturated heterocycles. The minimum Gasteiger partial charge on any atom is -0.339 e. The molecular weight excluding hydrogens is 414 g/mol. The largest absolute Gasteiger partial charge is 0.339 e. The number of thiophene rings is 1. The molecule has 3 heterocycles. The van der Waals surface area contributed by atoms with Crippen LogP contribution in [0.4, 0.5) is 0 Å². The molecule has 0 unspecified atom stereocenters. The number of nitrogens with zero attached hydrogens (tertiary/aromatic N) is 3. The van der Waals surface area contributed by atoms with Gasteiger partial charge in [-0.25, -0.2) is 0 Å². The van der Waals surface area contributed by atoms with Crippen LogP contribution in [-0.4, -0.2) is 34.0 Å². The van der Waals surface area contributed by atoms with Gasteiger partial charge in [0.1, 0.15) is 0 Å². The summed E-state index contributed by atoms with van der Waals surface area (Å²) in [5.74, 6) is 1.70. The van der Waals surface area contributed by atoms with Crippen LogP contribution >= 0.6 is 27.3 Å². The third-order valence-electron chi connectivity index (χ3n) is 4.62. The molecule has 5 nitrogen and oxygen atoms in total. The average molecular weight is 432 g/mol. The number of halogens is 1. The van der Waals surface area contributed by atoms with E-state index in [4.69, 9.17) is 4.52 Å². The quantitative estimate of drug-likeness (QED) is 0.602. The molecule has 134 valence electrons. The Balaban J connectivity index is 1.42. The first kappa shape index (κ1) is 17.4. The van der Waals surface area contributed by atoms with Gasteiger partial charge < -0.3 is 9.42 Å². The van der Waals surface area contributed by atoms with Crippen molar-refractivity contribution in [2.45, 2.75) is 19.3 Å². The highest BCUT2D eigenvalue weighted by atomic mass is 79.9. The second-order valence-electron chi connectivity index (χ2n) is 6.47. The summed E-state index contributed by atoms with van der Waals surface area (Å²) in [5, 5.41) is 8.08. The van der Waals surface area contributed by atoms with Crippen molar-refractivity contribution in [2.24, 2.45) is 5.92 Å². The Morgan fingerprint density at radius 3 is 3.04 bits per heavy atom. The van der Waals surface area contributed by atoms with Crippen LogP contribution in [0.1, 0.15) is 29.1 Å². The zero-order valence-corrected chi connectivity index (χ0v) is 16.5. The van der Waals surface area contributed by atoms with Gasteiger partial charge in [-0.1, -0.05) is 17.3 Å². The molecule has 1 aliphatic heterocycles. The van der Waals surface area contributed by atoms with E-state index in [-0.39, 0.29) is 5.91 Å². The van der Waals surface area contributed by atoms with E-state index in [9.17, 15) is 4.79 Å². The Morgan fingerprint density at radius 2 is 2.23 bits per heavy atom. The van der Waals surface area contributed by atoms with Crippen molar-refractivity contribution in [2.75, 3.05) is 13.1 Å². The maximum Gasteiger partial charge on any atom is 0.255 e. The molecule has 1 fully saturated rings. The van der Waals surface area contributed by atoms with Gasteiger partial charge in [0.15, 0.2) is 0 Å². The van der Waals surface area contributed by atoms with Crippen molar-refractivity contribution in [3.05, 3.63) is 57.0 Å². The Bertz CT molecular complexity index is 894. The van der Waals surface area contributed by atoms with Crippen molar-refractivity contribution < 1.29 is 9.32 Å². The summed E-state index contributed by atoms with van der Waals surface area (Å²) in [6, 6.07) is 9.56. The van der Waals surface area contributed by atoms with Gasteiger partial charge >= 0.3 is 0 Å². The van der Waals surface area contributed by atoms with E-state index in [1.54, 1.807) is 11.3 Å². The molecule has 2 aromatic heterocycles. The molecule has 4 rings (SSSR count). The molecule has 0 aliphatic carbocycles. The van der Waals surface area contributed by atoms with Gasteiger partial charge in [0, 0.05) is 34.9 Å². The minimum absolute atomic E-state index is 0.0756. The third-order valence-corrected chi connectivity index (χ3v) is 6.00. The molecule has 26 heavy (non-hydrogen) atoms. The molecule has 0 bridgehead atoms. The van der Waals surface area contributed by atoms with E-state index < -0.39 is 0 Å². The summed E-state index contributed by atoms with van der Waals surface area (Å²) in [6.07, 6.45) is 2.76. The molecule has 1 aromatic carbocycles. The fourth-order valence-electron chi connectivity index (χ4n) is 3.31. The topological polar surface area (TPSA) is 59.2 Å². The van der Waals surface area contributed by atoms with Gasteiger partial charge in [0.05, 0.1) is 5.56 Å². The number of carbonyl (C=O) groups excluding carboxylic acids is 1. The standard InChI is InChI=1S/C19H18BrN3O2S/c20-16-6-2-1-5-15(16)19(24)23-8-3-4-13(11-23)10-17-21-18(22-25-17)14-7-9-26-12-14/h1-2,5-7,9,12-13H,3-4,8,10-11H2/t13-/m1/s1. The molecule has 7 heteroatoms. The van der Waals surface area contributed by atoms with Gasteiger partial charge in [0.25, 0.3) is 5.91 Å². The van der Waals surface area contributed by atoms with Crippen LogP contribution < -0.4 is 0 Å². The molecule has 3 aromatic rings. The van der Waals surface area contributed by atoms with Gasteiger partial charge in [-0.2, -0.15) is 16.3 Å². The van der Waals surface area contributed by atoms with Crippen molar-refractivity contribution in [1.29, 1.82) is 0 Å². The molecule has 0 N–H and O–H groups in total. The molecule has 0 saturated carbocycles. The van der Waals surface area contributed by atoms with E-state index in [0.717, 1.165) is 36.0 Å². The van der Waals surface area contributed by atoms with Crippen LogP contribution in [0.3, 0.4) is 0 Å². The normalized spacial score (nSPS) is 17.4. The predicted octanol–water partition coefficient (Wildman–Crippen LogP) is 4.66. The van der Waals surface area contributed by atoms with E-state index in [2.05, 4.69) is 26.1 Å². The minimum atomic E-state index is 0.0756. The second-order valence-corrected chi connectivity index (χ2v) is 8.10. The Morgan fingerprint density at radius 1 is 1.35 bits per heavy atom. The van der Waals surface area contributed by atoms with E-state index in [0.29, 0.717) is 29.6 Å². The maximum atomic E-state index is 12.8. The van der Waals surface area contributed by atoms with Crippen molar-refractivity contribution in [3.63, 3.8) is 0 Å². The number of piperidine rings is 1. The monoisotopic (exact) mass is 431 g/mol. The maximum absolute atomic E-state index is 12.8. The van der Waals surface area contributed by atoms with Crippen molar-refractivity contribution >= 4 is 33.2 Å². The molecule has 1 atom stereocenters. The van der Waals surface area contributed by atoms with Crippen LogP contribution in [0.5, 0.6) is 0 Å². The lowest BCUT2D eigenvalue weighted by Gasteiger charge is -2.32. The molecule has 0 radical (unpaired) electrons. The summed E-state index contributed by atoms with van der Waals surface area (Å²) in [6.45, 7) is 1.51. The van der Waals surface area contributed by atoms with Crippen LogP contribution in [0.2, 0.25) is 0 Å². The van der Waals surface area contributed by atoms with Crippen LogP contribution in [0.25, 0.3) is 11.4 Å². The first-order valence-corrected chi connectivity index (χ1v) is 10.3. The summed E-state index contributed by atoms with van der Waals surface area (Å²) in [4.78, 5) is 19.3. The fourth-order valence-corrected chi connectivity index (χ4v) is 4.40. The molecule has 0 spiro atoms. The summed E-state index contributed by atoms with van der Waals surface area (Å²) < 4.78 is 6.26. The Kier molecular flexibility index (Phi) is 5.17. The van der Waals surface area contributed by atoms with E-state index in [1.807, 2.05) is 46.0 Å². The molecular formula is C19H18BrN3O2S. The number of likely N-dealkylation sites (tertiary alicyclic amines) is 1. The highest BCUT2D eigenvalue weighted by Crippen LogP contribution is 2.25. The highest BCUT2D eigenvalue weighted by Gasteiger charge is 2.27. The summed E-state index contributed by atoms with van der Waals surface area (Å²) in [7, 11) is 0. The zero-order chi connectivity index (χ0) is 17.9. The fraction of sp³-hybridized carbons (Fsp3) is 0.316. The second kappa shape index (κ2) is 7.72. The van der Waals surface area contributed by atoms with E-state index >= 15 is 0 Å². The highest BCUT2D eigenvalue weighted by molar-refractivity contribution is 9.10. The van der Waals surface area contributed by atoms with Crippen molar-refractivity contribution in [1.82, 2.24) is 15.0 Å². The van der Waals surface area contributed by atoms with Gasteiger partial charge in [0.2, 0.25) is 11.7 Å². The van der Waals surface area contributed by atoms with E-state index in [1.165, 1.54) is 0 Å². The van der Waals surface area contributed by atoms with Crippen LogP contribution in [0.15, 0.2) is 50.1 Å². The number of hydrogen-bond acceptors (Lipinski definition) is 5. The number of amides is 1. The molecule has 1 amide bonds. The number of hydrogen-bond donors (Lipinski definition) is 0. The SMILES string of the molecule is O=C(c1ccccc1Br)N1CCC[C@H](Cc2nc(-c3ccsc3)no2)C1. The average Bonchev–Trinajstić information content (AvgIpc) is 3.33. The van der Waals surface area contributed by atoms with Crippen LogP contribution in [0, 0.1) is 5.92 Å². The van der Waals surface area contributed by atoms with Crippen molar-refractivity contribution in [3.8, 4) is 11.4 Å². The van der Waals surface area contributed by atoms with Gasteiger partial charge in [-0.3, -0.25) is 4.79 Å². The number of aromatic nitrogens is 2. The lowest BCUT2D eigenvalue weighted by molar-refractivity contribution is 0.0667. The molecule has 1 aliphatic rings. The predicted molar refractivity (Wildman–Crippen MR) is 104 cm³/mol. The number of carbonyl (C=O) groups is 1. The Hall–Kier alpha value is -1.99. The van der Waals surface area contributed by atoms with Crippen LogP contribution in [-0.2, 0) is 6.42 Å². The number of benzene rings is 1. The summed E-state index contributed by atoms with van der Waals surface area (Å²) in [5.41, 5.74) is 1.70. The van der Waals surface area contributed by atoms with Gasteiger partial charge in [-0.15, -0.1) is 0 Å². The lowest BCUT2D eigenvalue weighted by Crippen LogP contribution is -2.40. The summed E-state index contributed by atoms with van der Waals surface area (Å²) >= 11 is 5.09. The Labute approximate surface area is 164 Å². The number of rotatable bonds is 4. The first-order chi connectivity index (χ1) is 12.7.